The van der Waals surface area contributed by atoms with Crippen LogP contribution >= 0.6 is 0 Å². The number of para-hydroxylation sites is 4. The van der Waals surface area contributed by atoms with Gasteiger partial charge in [-0.25, -0.2) is 0 Å². The summed E-state index contributed by atoms with van der Waals surface area (Å²) in [6.45, 7) is 0. The van der Waals surface area contributed by atoms with Crippen LogP contribution in [0.15, 0.2) is 231 Å². The largest absolute Gasteiger partial charge is 0.309 e. The zero-order valence-corrected chi connectivity index (χ0v) is 33.8. The molecule has 0 saturated heterocycles. The lowest BCUT2D eigenvalue weighted by Gasteiger charge is -2.16. The van der Waals surface area contributed by atoms with E-state index in [1.165, 1.54) is 109 Å². The van der Waals surface area contributed by atoms with Gasteiger partial charge in [-0.15, -0.1) is 0 Å². The minimum absolute atomic E-state index is 1.16. The third-order valence-electron chi connectivity index (χ3n) is 13.1. The third kappa shape index (κ3) is 5.23. The highest BCUT2D eigenvalue weighted by Gasteiger charge is 2.18. The zero-order valence-electron chi connectivity index (χ0n) is 33.8. The highest BCUT2D eigenvalue weighted by atomic mass is 15.0. The predicted octanol–water partition coefficient (Wildman–Crippen LogP) is 16.3. The Hall–Kier alpha value is -8.20. The van der Waals surface area contributed by atoms with Crippen LogP contribution in [-0.2, 0) is 0 Å². The lowest BCUT2D eigenvalue weighted by Crippen LogP contribution is -1.93. The molecule has 0 amide bonds. The Morgan fingerprint density at radius 1 is 0.210 bits per heavy atom. The van der Waals surface area contributed by atoms with E-state index in [1.54, 1.807) is 0 Å². The molecule has 0 bridgehead atoms. The molecule has 0 fully saturated rings. The smallest absolute Gasteiger partial charge is 0.0541 e. The molecule has 13 aromatic rings. The van der Waals surface area contributed by atoms with Gasteiger partial charge in [-0.05, 0) is 145 Å². The Labute approximate surface area is 358 Å². The summed E-state index contributed by atoms with van der Waals surface area (Å²) in [5.41, 5.74) is 14.3. The van der Waals surface area contributed by atoms with Crippen molar-refractivity contribution in [2.45, 2.75) is 0 Å². The summed E-state index contributed by atoms with van der Waals surface area (Å²) in [7, 11) is 0. The van der Waals surface area contributed by atoms with Crippen LogP contribution in [-0.4, -0.2) is 9.13 Å². The molecule has 0 unspecified atom stereocenters. The number of nitrogens with zero attached hydrogens (tertiary/aromatic N) is 2. The van der Waals surface area contributed by atoms with Crippen LogP contribution in [0.25, 0.3) is 121 Å². The van der Waals surface area contributed by atoms with Crippen molar-refractivity contribution in [1.29, 1.82) is 0 Å². The molecule has 0 spiro atoms. The lowest BCUT2D eigenvalue weighted by molar-refractivity contribution is 1.18. The lowest BCUT2D eigenvalue weighted by atomic mass is 9.87. The maximum absolute atomic E-state index is 2.42. The molecule has 0 saturated carbocycles. The van der Waals surface area contributed by atoms with Crippen LogP contribution in [0.4, 0.5) is 0 Å². The number of hydrogen-bond donors (Lipinski definition) is 0. The van der Waals surface area contributed by atoms with Crippen molar-refractivity contribution in [3.05, 3.63) is 231 Å². The van der Waals surface area contributed by atoms with E-state index in [4.69, 9.17) is 0 Å². The van der Waals surface area contributed by atoms with Crippen LogP contribution < -0.4 is 0 Å². The van der Waals surface area contributed by atoms with Gasteiger partial charge in [0.15, 0.2) is 0 Å². The molecule has 2 heteroatoms. The summed E-state index contributed by atoms with van der Waals surface area (Å²) in [6, 6.07) is 84.9. The van der Waals surface area contributed by atoms with Gasteiger partial charge < -0.3 is 9.13 Å². The Kier molecular flexibility index (Phi) is 7.64. The normalized spacial score (nSPS) is 11.9. The summed E-state index contributed by atoms with van der Waals surface area (Å²) < 4.78 is 4.78. The van der Waals surface area contributed by atoms with Gasteiger partial charge in [0.2, 0.25) is 0 Å². The molecule has 0 atom stereocenters. The molecule has 288 valence electrons. The Morgan fingerprint density at radius 2 is 0.581 bits per heavy atom. The standard InChI is InChI=1S/C60H38N2/c1-3-16-44(17-4-1)61-56-28-13-11-23-50(56)54-37-39(30-32-58(54)61)41-34-42(40-31-33-59-55(38-40)51-24-12-14-29-57(51)62(59)45-18-5-2-6-19-45)36-43(35-41)46-26-15-27-53-49-21-8-7-20-47(49)48-22-9-10-25-52(48)60(46)53/h1-38H. The summed E-state index contributed by atoms with van der Waals surface area (Å²) >= 11 is 0. The minimum Gasteiger partial charge on any atom is -0.309 e. The fourth-order valence-corrected chi connectivity index (χ4v) is 10.3. The SMILES string of the molecule is c1ccc(-n2c3ccccc3c3cc(-c4cc(-c5ccc6c(c5)c5ccccc5n6-c5ccccc5)cc(-c5cccc6c7ccccc7c7ccccc7c56)c4)ccc32)cc1. The van der Waals surface area contributed by atoms with E-state index in [2.05, 4.69) is 240 Å². The van der Waals surface area contributed by atoms with Crippen molar-refractivity contribution in [1.82, 2.24) is 9.13 Å². The molecule has 11 aromatic carbocycles. The average molecular weight is 787 g/mol. The molecule has 62 heavy (non-hydrogen) atoms. The van der Waals surface area contributed by atoms with E-state index < -0.39 is 0 Å². The summed E-state index contributed by atoms with van der Waals surface area (Å²) in [5.74, 6) is 0. The number of fused-ring (bicyclic) bond motifs is 12. The Balaban J connectivity index is 1.09. The number of hydrogen-bond acceptors (Lipinski definition) is 0. The quantitative estimate of drug-likeness (QED) is 0.154. The van der Waals surface area contributed by atoms with E-state index in [0.29, 0.717) is 0 Å². The van der Waals surface area contributed by atoms with E-state index in [9.17, 15) is 0 Å². The first kappa shape index (κ1) is 34.6. The van der Waals surface area contributed by atoms with Crippen molar-refractivity contribution in [3.8, 4) is 44.8 Å². The van der Waals surface area contributed by atoms with Gasteiger partial charge >= 0.3 is 0 Å². The van der Waals surface area contributed by atoms with Crippen molar-refractivity contribution in [3.63, 3.8) is 0 Å². The van der Waals surface area contributed by atoms with Crippen molar-refractivity contribution in [2.75, 3.05) is 0 Å². The van der Waals surface area contributed by atoms with Crippen molar-refractivity contribution >= 4 is 75.9 Å². The minimum atomic E-state index is 1.16. The monoisotopic (exact) mass is 786 g/mol. The van der Waals surface area contributed by atoms with Gasteiger partial charge in [0.25, 0.3) is 0 Å². The van der Waals surface area contributed by atoms with Gasteiger partial charge in [-0.3, -0.25) is 0 Å². The maximum Gasteiger partial charge on any atom is 0.0541 e. The first-order chi connectivity index (χ1) is 30.8. The van der Waals surface area contributed by atoms with Crippen LogP contribution in [0.1, 0.15) is 0 Å². The van der Waals surface area contributed by atoms with Crippen LogP contribution in [0.2, 0.25) is 0 Å². The fraction of sp³-hybridized carbons (Fsp3) is 0. The molecule has 0 radical (unpaired) electrons. The van der Waals surface area contributed by atoms with Crippen LogP contribution in [0, 0.1) is 0 Å². The second-order valence-corrected chi connectivity index (χ2v) is 16.5. The van der Waals surface area contributed by atoms with Gasteiger partial charge in [0.05, 0.1) is 22.1 Å². The zero-order chi connectivity index (χ0) is 40.7. The predicted molar refractivity (Wildman–Crippen MR) is 264 cm³/mol. The summed E-state index contributed by atoms with van der Waals surface area (Å²) in [6.07, 6.45) is 0. The van der Waals surface area contributed by atoms with Gasteiger partial charge in [0, 0.05) is 32.9 Å². The van der Waals surface area contributed by atoms with Gasteiger partial charge in [-0.1, -0.05) is 152 Å². The van der Waals surface area contributed by atoms with Crippen molar-refractivity contribution in [2.24, 2.45) is 0 Å². The molecule has 2 nitrogen and oxygen atoms in total. The average Bonchev–Trinajstić information content (AvgIpc) is 3.86. The van der Waals surface area contributed by atoms with E-state index >= 15 is 0 Å². The van der Waals surface area contributed by atoms with E-state index in [-0.39, 0.29) is 0 Å². The Bertz CT molecular complexity index is 3690. The number of aromatic nitrogens is 2. The van der Waals surface area contributed by atoms with E-state index in [0.717, 1.165) is 11.4 Å². The number of benzene rings is 11. The molecule has 0 aliphatic rings. The topological polar surface area (TPSA) is 9.86 Å². The summed E-state index contributed by atoms with van der Waals surface area (Å²) in [4.78, 5) is 0. The molecule has 0 aliphatic carbocycles. The second kappa shape index (κ2) is 13.7. The molecule has 0 aliphatic heterocycles. The highest BCUT2D eigenvalue weighted by Crippen LogP contribution is 2.44. The van der Waals surface area contributed by atoms with Gasteiger partial charge in [0.1, 0.15) is 0 Å². The first-order valence-electron chi connectivity index (χ1n) is 21.4. The number of rotatable bonds is 5. The van der Waals surface area contributed by atoms with Crippen molar-refractivity contribution < 1.29 is 0 Å². The van der Waals surface area contributed by atoms with Crippen LogP contribution in [0.3, 0.4) is 0 Å². The fourth-order valence-electron chi connectivity index (χ4n) is 10.3. The molecule has 0 N–H and O–H groups in total. The molecular weight excluding hydrogens is 749 g/mol. The first-order valence-corrected chi connectivity index (χ1v) is 21.4. The maximum atomic E-state index is 2.42. The molecule has 2 aromatic heterocycles. The third-order valence-corrected chi connectivity index (χ3v) is 13.1. The molecule has 2 heterocycles. The highest BCUT2D eigenvalue weighted by molar-refractivity contribution is 6.28. The molecule has 13 rings (SSSR count). The van der Waals surface area contributed by atoms with Gasteiger partial charge in [-0.2, -0.15) is 0 Å². The summed E-state index contributed by atoms with van der Waals surface area (Å²) in [5, 5.41) is 12.6. The Morgan fingerprint density at radius 3 is 1.08 bits per heavy atom. The molecular formula is C60H38N2. The van der Waals surface area contributed by atoms with E-state index in [1.807, 2.05) is 0 Å². The van der Waals surface area contributed by atoms with Crippen LogP contribution in [0.5, 0.6) is 0 Å². The second-order valence-electron chi connectivity index (χ2n) is 16.5.